The first kappa shape index (κ1) is 20.5. The fraction of sp³-hybridized carbons (Fsp3) is 0.200. The van der Waals surface area contributed by atoms with E-state index in [-0.39, 0.29) is 17.3 Å². The van der Waals surface area contributed by atoms with Gasteiger partial charge in [-0.3, -0.25) is 9.55 Å². The van der Waals surface area contributed by atoms with Crippen LogP contribution in [-0.2, 0) is 14.3 Å². The highest BCUT2D eigenvalue weighted by Crippen LogP contribution is 2.37. The molecule has 0 N–H and O–H groups in total. The first-order valence-corrected chi connectivity index (χ1v) is 9.09. The maximum absolute atomic E-state index is 15.0. The van der Waals surface area contributed by atoms with Gasteiger partial charge < -0.3 is 9.47 Å². The number of esters is 1. The highest BCUT2D eigenvalue weighted by atomic mass is 32.1. The lowest BCUT2D eigenvalue weighted by Gasteiger charge is -2.26. The highest BCUT2D eigenvalue weighted by molar-refractivity contribution is 7.80. The molecule has 0 saturated heterocycles. The Hall–Kier alpha value is -3.20. The summed E-state index contributed by atoms with van der Waals surface area (Å²) in [6.07, 6.45) is 3.78. The Kier molecular flexibility index (Phi) is 6.28. The molecule has 2 heterocycles. The Balaban J connectivity index is 2.00. The molecular weight excluding hydrogens is 400 g/mol. The molecule has 0 aliphatic rings. The molecule has 1 atom stereocenters. The summed E-state index contributed by atoms with van der Waals surface area (Å²) in [7, 11) is 0. The standard InChI is InChI=1S/C20H17F2N3O3S/c1-2-27-18(26)20(21,22)17(28-19(29)25-11-10-23-13-25)15-7-5-6-14(12-15)16-8-3-4-9-24-16/h3-13,17H,2H2,1H3. The molecule has 1 aromatic carbocycles. The summed E-state index contributed by atoms with van der Waals surface area (Å²) >= 11 is 5.10. The van der Waals surface area contributed by atoms with E-state index in [0.29, 0.717) is 11.3 Å². The van der Waals surface area contributed by atoms with Crippen LogP contribution < -0.4 is 0 Å². The van der Waals surface area contributed by atoms with Crippen LogP contribution in [0.15, 0.2) is 67.4 Å². The maximum Gasteiger partial charge on any atom is 0.382 e. The highest BCUT2D eigenvalue weighted by Gasteiger charge is 2.52. The summed E-state index contributed by atoms with van der Waals surface area (Å²) in [4.78, 5) is 20.0. The van der Waals surface area contributed by atoms with E-state index in [0.717, 1.165) is 0 Å². The number of hydrogen-bond acceptors (Lipinski definition) is 6. The largest absolute Gasteiger partial charge is 0.461 e. The van der Waals surface area contributed by atoms with Gasteiger partial charge >= 0.3 is 11.9 Å². The number of nitrogens with zero attached hydrogens (tertiary/aromatic N) is 3. The minimum atomic E-state index is -3.98. The second kappa shape index (κ2) is 8.87. The Morgan fingerprint density at radius 1 is 1.24 bits per heavy atom. The van der Waals surface area contributed by atoms with Crippen LogP contribution in [0.4, 0.5) is 8.78 Å². The molecule has 0 fully saturated rings. The van der Waals surface area contributed by atoms with Crippen molar-refractivity contribution < 1.29 is 23.0 Å². The molecule has 150 valence electrons. The number of hydrogen-bond donors (Lipinski definition) is 0. The molecule has 29 heavy (non-hydrogen) atoms. The lowest BCUT2D eigenvalue weighted by Crippen LogP contribution is -2.40. The van der Waals surface area contributed by atoms with E-state index in [1.807, 2.05) is 0 Å². The van der Waals surface area contributed by atoms with Gasteiger partial charge in [0.1, 0.15) is 6.33 Å². The second-order valence-electron chi connectivity index (χ2n) is 5.92. The summed E-state index contributed by atoms with van der Waals surface area (Å²) in [6.45, 7) is 1.25. The van der Waals surface area contributed by atoms with Crippen LogP contribution >= 0.6 is 12.2 Å². The van der Waals surface area contributed by atoms with Crippen molar-refractivity contribution in [1.82, 2.24) is 14.5 Å². The fourth-order valence-electron chi connectivity index (χ4n) is 2.61. The SMILES string of the molecule is CCOC(=O)C(F)(F)C(OC(=S)n1ccnc1)c1cccc(-c2ccccn2)c1. The van der Waals surface area contributed by atoms with E-state index in [9.17, 15) is 13.6 Å². The molecule has 6 nitrogen and oxygen atoms in total. The number of halogens is 2. The molecular formula is C20H17F2N3O3S. The van der Waals surface area contributed by atoms with Crippen LogP contribution in [0.5, 0.6) is 0 Å². The van der Waals surface area contributed by atoms with Crippen LogP contribution in [0.1, 0.15) is 18.6 Å². The molecule has 0 radical (unpaired) electrons. The molecule has 0 saturated carbocycles. The number of thiocarbonyl (C=S) groups is 1. The van der Waals surface area contributed by atoms with Gasteiger partial charge in [-0.2, -0.15) is 8.78 Å². The molecule has 9 heteroatoms. The van der Waals surface area contributed by atoms with Gasteiger partial charge in [0.2, 0.25) is 6.10 Å². The zero-order valence-electron chi connectivity index (χ0n) is 15.4. The zero-order valence-corrected chi connectivity index (χ0v) is 16.2. The summed E-state index contributed by atoms with van der Waals surface area (Å²) in [5.74, 6) is -5.68. The Bertz CT molecular complexity index is 982. The maximum atomic E-state index is 15.0. The molecule has 2 aromatic heterocycles. The number of ether oxygens (including phenoxy) is 2. The molecule has 3 rings (SSSR count). The van der Waals surface area contributed by atoms with Crippen molar-refractivity contribution in [3.05, 3.63) is 72.9 Å². The number of benzene rings is 1. The number of alkyl halides is 2. The van der Waals surface area contributed by atoms with Crippen molar-refractivity contribution in [1.29, 1.82) is 0 Å². The van der Waals surface area contributed by atoms with Gasteiger partial charge in [0.25, 0.3) is 5.17 Å². The third kappa shape index (κ3) is 4.62. The lowest BCUT2D eigenvalue weighted by molar-refractivity contribution is -0.187. The van der Waals surface area contributed by atoms with Crippen LogP contribution in [0.25, 0.3) is 11.3 Å². The van der Waals surface area contributed by atoms with E-state index >= 15 is 0 Å². The van der Waals surface area contributed by atoms with Crippen molar-refractivity contribution in [3.63, 3.8) is 0 Å². The zero-order chi connectivity index (χ0) is 20.9. The third-order valence-corrected chi connectivity index (χ3v) is 4.27. The summed E-state index contributed by atoms with van der Waals surface area (Å²) in [6, 6.07) is 11.5. The summed E-state index contributed by atoms with van der Waals surface area (Å²) in [5.41, 5.74) is 1.23. The van der Waals surface area contributed by atoms with Crippen LogP contribution in [0.2, 0.25) is 0 Å². The Labute approximate surface area is 171 Å². The van der Waals surface area contributed by atoms with Crippen LogP contribution in [0, 0.1) is 0 Å². The topological polar surface area (TPSA) is 66.2 Å². The average molecular weight is 417 g/mol. The van der Waals surface area contributed by atoms with Gasteiger partial charge in [-0.25, -0.2) is 9.78 Å². The Morgan fingerprint density at radius 2 is 2.07 bits per heavy atom. The van der Waals surface area contributed by atoms with Crippen molar-refractivity contribution >= 4 is 23.4 Å². The van der Waals surface area contributed by atoms with Crippen LogP contribution in [0.3, 0.4) is 0 Å². The van der Waals surface area contributed by atoms with E-state index < -0.39 is 18.0 Å². The van der Waals surface area contributed by atoms with Gasteiger partial charge in [0, 0.05) is 24.2 Å². The van der Waals surface area contributed by atoms with E-state index in [2.05, 4.69) is 14.7 Å². The Morgan fingerprint density at radius 3 is 2.72 bits per heavy atom. The third-order valence-electron chi connectivity index (χ3n) is 3.96. The minimum Gasteiger partial charge on any atom is -0.461 e. The minimum absolute atomic E-state index is 0.0497. The van der Waals surface area contributed by atoms with E-state index in [4.69, 9.17) is 17.0 Å². The predicted molar refractivity (Wildman–Crippen MR) is 105 cm³/mol. The lowest BCUT2D eigenvalue weighted by atomic mass is 9.99. The number of pyridine rings is 1. The fourth-order valence-corrected chi connectivity index (χ4v) is 2.81. The predicted octanol–water partition coefficient (Wildman–Crippen LogP) is 4.03. The molecule has 0 aliphatic carbocycles. The van der Waals surface area contributed by atoms with Crippen LogP contribution in [-0.4, -0.2) is 38.2 Å². The second-order valence-corrected chi connectivity index (χ2v) is 6.27. The van der Waals surface area contributed by atoms with Crippen molar-refractivity contribution in [2.75, 3.05) is 6.61 Å². The molecule has 0 amide bonds. The molecule has 0 aliphatic heterocycles. The number of carbonyl (C=O) groups is 1. The number of aromatic nitrogens is 3. The van der Waals surface area contributed by atoms with E-state index in [1.165, 1.54) is 42.3 Å². The number of imidazole rings is 1. The molecule has 0 spiro atoms. The number of rotatable bonds is 6. The first-order valence-electron chi connectivity index (χ1n) is 8.68. The van der Waals surface area contributed by atoms with Gasteiger partial charge in [-0.1, -0.05) is 24.3 Å². The normalized spacial score (nSPS) is 12.2. The van der Waals surface area contributed by atoms with Crippen molar-refractivity contribution in [3.8, 4) is 11.3 Å². The first-order chi connectivity index (χ1) is 13.9. The van der Waals surface area contributed by atoms with Gasteiger partial charge in [-0.15, -0.1) is 0 Å². The van der Waals surface area contributed by atoms with E-state index in [1.54, 1.807) is 36.5 Å². The molecule has 3 aromatic rings. The summed E-state index contributed by atoms with van der Waals surface area (Å²) in [5, 5.41) is -0.278. The number of carbonyl (C=O) groups excluding carboxylic acids is 1. The monoisotopic (exact) mass is 417 g/mol. The van der Waals surface area contributed by atoms with Crippen molar-refractivity contribution in [2.24, 2.45) is 0 Å². The van der Waals surface area contributed by atoms with Gasteiger partial charge in [0.05, 0.1) is 12.3 Å². The molecule has 0 bridgehead atoms. The van der Waals surface area contributed by atoms with Gasteiger partial charge in [0.15, 0.2) is 0 Å². The van der Waals surface area contributed by atoms with Crippen molar-refractivity contribution in [2.45, 2.75) is 19.0 Å². The van der Waals surface area contributed by atoms with Gasteiger partial charge in [-0.05, 0) is 42.9 Å². The summed E-state index contributed by atoms with van der Waals surface area (Å²) < 4.78 is 41.2. The smallest absolute Gasteiger partial charge is 0.382 e. The molecule has 1 unspecified atom stereocenters. The quantitative estimate of drug-likeness (QED) is 0.446. The average Bonchev–Trinajstić information content (AvgIpc) is 3.28.